The van der Waals surface area contributed by atoms with Gasteiger partial charge in [0.2, 0.25) is 5.91 Å². The highest BCUT2D eigenvalue weighted by Gasteiger charge is 2.20. The van der Waals surface area contributed by atoms with Crippen LogP contribution in [0.5, 0.6) is 0 Å². The van der Waals surface area contributed by atoms with Crippen LogP contribution in [0.25, 0.3) is 11.4 Å². The molecule has 1 amide bonds. The van der Waals surface area contributed by atoms with E-state index in [1.807, 2.05) is 0 Å². The van der Waals surface area contributed by atoms with Crippen molar-refractivity contribution >= 4 is 29.0 Å². The third-order valence-electron chi connectivity index (χ3n) is 4.22. The van der Waals surface area contributed by atoms with E-state index in [1.54, 1.807) is 11.3 Å². The molecule has 0 bridgehead atoms. The molecule has 24 heavy (non-hydrogen) atoms. The third-order valence-corrected chi connectivity index (χ3v) is 6.03. The van der Waals surface area contributed by atoms with Gasteiger partial charge in [-0.1, -0.05) is 24.6 Å². The second-order valence-electron chi connectivity index (χ2n) is 6.55. The molecule has 2 aromatic rings. The van der Waals surface area contributed by atoms with Crippen LogP contribution in [0.15, 0.2) is 16.6 Å². The minimum Gasteiger partial charge on any atom is -0.353 e. The van der Waals surface area contributed by atoms with Crippen molar-refractivity contribution in [3.8, 4) is 11.4 Å². The van der Waals surface area contributed by atoms with E-state index < -0.39 is 0 Å². The van der Waals surface area contributed by atoms with E-state index in [9.17, 15) is 4.79 Å². The summed E-state index contributed by atoms with van der Waals surface area (Å²) >= 11 is 3.18. The molecule has 0 aliphatic heterocycles. The van der Waals surface area contributed by atoms with Gasteiger partial charge in [-0.15, -0.1) is 21.5 Å². The largest absolute Gasteiger partial charge is 0.353 e. The van der Waals surface area contributed by atoms with Crippen LogP contribution in [-0.2, 0) is 4.79 Å². The summed E-state index contributed by atoms with van der Waals surface area (Å²) in [6.07, 6.45) is 4.67. The smallest absolute Gasteiger partial charge is 0.230 e. The van der Waals surface area contributed by atoms with Gasteiger partial charge in [-0.25, -0.2) is 0 Å². The van der Waals surface area contributed by atoms with Crippen LogP contribution in [0.2, 0.25) is 0 Å². The molecule has 7 heteroatoms. The average Bonchev–Trinajstić information content (AvgIpc) is 3.24. The first kappa shape index (κ1) is 17.5. The lowest BCUT2D eigenvalue weighted by Crippen LogP contribution is -2.33. The first-order valence-electron chi connectivity index (χ1n) is 8.47. The lowest BCUT2D eigenvalue weighted by molar-refractivity contribution is -0.119. The van der Waals surface area contributed by atoms with Crippen LogP contribution in [0.1, 0.15) is 50.4 Å². The number of hydrogen-bond donors (Lipinski definition) is 1. The first-order valence-corrected chi connectivity index (χ1v) is 10.3. The molecule has 2 heterocycles. The van der Waals surface area contributed by atoms with Crippen molar-refractivity contribution < 1.29 is 4.79 Å². The minimum absolute atomic E-state index is 0.0955. The van der Waals surface area contributed by atoms with Gasteiger partial charge >= 0.3 is 0 Å². The molecule has 0 spiro atoms. The summed E-state index contributed by atoms with van der Waals surface area (Å²) in [5.41, 5.74) is 1.10. The predicted molar refractivity (Wildman–Crippen MR) is 99.6 cm³/mol. The van der Waals surface area contributed by atoms with Gasteiger partial charge in [0.05, 0.1) is 5.75 Å². The SMILES string of the molecule is Cc1cc(-c2nnc(SCC(=O)NC3CCCC3)n2C(C)C)cs1. The summed E-state index contributed by atoms with van der Waals surface area (Å²) in [6, 6.07) is 2.75. The number of thiophene rings is 1. The Balaban J connectivity index is 1.69. The Morgan fingerprint density at radius 2 is 2.17 bits per heavy atom. The van der Waals surface area contributed by atoms with Gasteiger partial charge in [0, 0.05) is 27.9 Å². The number of nitrogens with zero attached hydrogens (tertiary/aromatic N) is 3. The van der Waals surface area contributed by atoms with Gasteiger partial charge < -0.3 is 5.32 Å². The van der Waals surface area contributed by atoms with E-state index in [2.05, 4.69) is 52.3 Å². The summed E-state index contributed by atoms with van der Waals surface area (Å²) in [7, 11) is 0. The maximum absolute atomic E-state index is 12.1. The van der Waals surface area contributed by atoms with Crippen LogP contribution < -0.4 is 5.32 Å². The third kappa shape index (κ3) is 4.00. The maximum atomic E-state index is 12.1. The Labute approximate surface area is 151 Å². The van der Waals surface area contributed by atoms with E-state index >= 15 is 0 Å². The summed E-state index contributed by atoms with van der Waals surface area (Å²) < 4.78 is 2.12. The van der Waals surface area contributed by atoms with Gasteiger partial charge in [-0.05, 0) is 39.7 Å². The van der Waals surface area contributed by atoms with E-state index in [1.165, 1.54) is 29.5 Å². The van der Waals surface area contributed by atoms with E-state index in [4.69, 9.17) is 0 Å². The first-order chi connectivity index (χ1) is 11.5. The molecule has 1 fully saturated rings. The topological polar surface area (TPSA) is 59.8 Å². The van der Waals surface area contributed by atoms with E-state index in [0.29, 0.717) is 11.8 Å². The van der Waals surface area contributed by atoms with Gasteiger partial charge in [0.15, 0.2) is 11.0 Å². The molecule has 130 valence electrons. The molecule has 0 atom stereocenters. The standard InChI is InChI=1S/C17H24N4OS2/c1-11(2)21-16(13-8-12(3)23-9-13)19-20-17(21)24-10-15(22)18-14-6-4-5-7-14/h8-9,11,14H,4-7,10H2,1-3H3,(H,18,22). The Bertz CT molecular complexity index is 701. The monoisotopic (exact) mass is 364 g/mol. The van der Waals surface area contributed by atoms with E-state index in [0.717, 1.165) is 29.4 Å². The predicted octanol–water partition coefficient (Wildman–Crippen LogP) is 4.05. The summed E-state index contributed by atoms with van der Waals surface area (Å²) in [6.45, 7) is 6.33. The van der Waals surface area contributed by atoms with Crippen LogP contribution in [0, 0.1) is 6.92 Å². The molecule has 0 radical (unpaired) electrons. The number of amides is 1. The molecular formula is C17H24N4OS2. The van der Waals surface area contributed by atoms with Crippen molar-refractivity contribution in [3.63, 3.8) is 0 Å². The molecule has 1 aliphatic rings. The summed E-state index contributed by atoms with van der Waals surface area (Å²) in [4.78, 5) is 13.4. The van der Waals surface area contributed by atoms with Gasteiger partial charge in [-0.2, -0.15) is 0 Å². The lowest BCUT2D eigenvalue weighted by atomic mass is 10.2. The fourth-order valence-electron chi connectivity index (χ4n) is 3.07. The number of thioether (sulfide) groups is 1. The Kier molecular flexibility index (Phi) is 5.61. The Morgan fingerprint density at radius 3 is 2.79 bits per heavy atom. The molecule has 5 nitrogen and oxygen atoms in total. The van der Waals surface area contributed by atoms with Crippen molar-refractivity contribution in [2.45, 2.75) is 63.7 Å². The van der Waals surface area contributed by atoms with Crippen molar-refractivity contribution in [1.29, 1.82) is 0 Å². The van der Waals surface area contributed by atoms with Gasteiger partial charge in [0.1, 0.15) is 0 Å². The average molecular weight is 365 g/mol. The molecular weight excluding hydrogens is 340 g/mol. The van der Waals surface area contributed by atoms with Gasteiger partial charge in [-0.3, -0.25) is 9.36 Å². The quantitative estimate of drug-likeness (QED) is 0.786. The fraction of sp³-hybridized carbons (Fsp3) is 0.588. The zero-order valence-electron chi connectivity index (χ0n) is 14.4. The molecule has 1 saturated carbocycles. The van der Waals surface area contributed by atoms with Crippen molar-refractivity contribution in [2.75, 3.05) is 5.75 Å². The summed E-state index contributed by atoms with van der Waals surface area (Å²) in [5.74, 6) is 1.37. The van der Waals surface area contributed by atoms with Crippen molar-refractivity contribution in [3.05, 3.63) is 16.3 Å². The number of hydrogen-bond acceptors (Lipinski definition) is 5. The number of carbonyl (C=O) groups is 1. The maximum Gasteiger partial charge on any atom is 0.230 e. The Hall–Kier alpha value is -1.34. The Morgan fingerprint density at radius 1 is 1.42 bits per heavy atom. The van der Waals surface area contributed by atoms with Gasteiger partial charge in [0.25, 0.3) is 0 Å². The van der Waals surface area contributed by atoms with Crippen LogP contribution in [0.3, 0.4) is 0 Å². The van der Waals surface area contributed by atoms with Crippen LogP contribution in [-0.4, -0.2) is 32.5 Å². The molecule has 2 aromatic heterocycles. The van der Waals surface area contributed by atoms with Crippen LogP contribution in [0.4, 0.5) is 0 Å². The molecule has 0 aromatic carbocycles. The molecule has 1 N–H and O–H groups in total. The fourth-order valence-corrected chi connectivity index (χ4v) is 4.63. The normalized spacial score (nSPS) is 15.3. The second kappa shape index (κ2) is 7.70. The highest BCUT2D eigenvalue weighted by atomic mass is 32.2. The lowest BCUT2D eigenvalue weighted by Gasteiger charge is -2.14. The van der Waals surface area contributed by atoms with Crippen molar-refractivity contribution in [2.24, 2.45) is 0 Å². The summed E-state index contributed by atoms with van der Waals surface area (Å²) in [5, 5.41) is 14.7. The number of carbonyl (C=O) groups excluding carboxylic acids is 1. The molecule has 1 aliphatic carbocycles. The minimum atomic E-state index is 0.0955. The van der Waals surface area contributed by atoms with Crippen molar-refractivity contribution in [1.82, 2.24) is 20.1 Å². The molecule has 0 saturated heterocycles. The number of nitrogens with one attached hydrogen (secondary N) is 1. The number of aryl methyl sites for hydroxylation is 1. The zero-order valence-corrected chi connectivity index (χ0v) is 16.0. The second-order valence-corrected chi connectivity index (χ2v) is 8.61. The number of aromatic nitrogens is 3. The number of rotatable bonds is 6. The molecule has 0 unspecified atom stereocenters. The highest BCUT2D eigenvalue weighted by Crippen LogP contribution is 2.30. The molecule has 3 rings (SSSR count). The van der Waals surface area contributed by atoms with Crippen LogP contribution >= 0.6 is 23.1 Å². The highest BCUT2D eigenvalue weighted by molar-refractivity contribution is 7.99. The van der Waals surface area contributed by atoms with E-state index in [-0.39, 0.29) is 11.9 Å². The zero-order chi connectivity index (χ0) is 17.1.